The summed E-state index contributed by atoms with van der Waals surface area (Å²) in [5.41, 5.74) is 0. The Balaban J connectivity index is 3.39. The molecule has 0 rings (SSSR count). The largest absolute Gasteiger partial charge is 0.278 e. The minimum absolute atomic E-state index is 0.546. The highest BCUT2D eigenvalue weighted by Crippen LogP contribution is 2.46. The maximum absolute atomic E-state index is 2.35. The second kappa shape index (κ2) is 2.80. The summed E-state index contributed by atoms with van der Waals surface area (Å²) in [5.74, 6) is 0. The van der Waals surface area contributed by atoms with Crippen LogP contribution in [0.4, 0.5) is 0 Å². The standard InChI is InChI=1S/C6H17NP/c1-7(2)6-8(3,4)5/h6H2,1-5H3/q+1. The van der Waals surface area contributed by atoms with Crippen molar-refractivity contribution in [1.29, 1.82) is 0 Å². The topological polar surface area (TPSA) is 3.24 Å². The summed E-state index contributed by atoms with van der Waals surface area (Å²) in [6, 6.07) is 0. The first-order valence-corrected chi connectivity index (χ1v) is 6.18. The van der Waals surface area contributed by atoms with Crippen LogP contribution in [0.3, 0.4) is 0 Å². The molecular formula is C6H17NP+. The van der Waals surface area contributed by atoms with Gasteiger partial charge in [0.15, 0.2) is 0 Å². The van der Waals surface area contributed by atoms with Gasteiger partial charge >= 0.3 is 0 Å². The molecule has 0 atom stereocenters. The number of rotatable bonds is 2. The van der Waals surface area contributed by atoms with Gasteiger partial charge in [0.25, 0.3) is 0 Å². The molecule has 0 spiro atoms. The molecule has 50 valence electrons. The van der Waals surface area contributed by atoms with Crippen LogP contribution in [-0.2, 0) is 0 Å². The summed E-state index contributed by atoms with van der Waals surface area (Å²) < 4.78 is 0. The van der Waals surface area contributed by atoms with Gasteiger partial charge in [-0.25, -0.2) is 0 Å². The Morgan fingerprint density at radius 3 is 1.50 bits per heavy atom. The molecule has 0 aliphatic carbocycles. The van der Waals surface area contributed by atoms with Crippen molar-refractivity contribution in [2.45, 2.75) is 0 Å². The molecule has 0 heterocycles. The van der Waals surface area contributed by atoms with Gasteiger partial charge in [0, 0.05) is 27.3 Å². The fourth-order valence-corrected chi connectivity index (χ4v) is 2.55. The Kier molecular flexibility index (Phi) is 2.93. The minimum atomic E-state index is -0.546. The van der Waals surface area contributed by atoms with Crippen molar-refractivity contribution in [3.8, 4) is 0 Å². The average Bonchev–Trinajstić information content (AvgIpc) is 1.21. The maximum Gasteiger partial charge on any atom is 0.110 e. The second-order valence-corrected chi connectivity index (χ2v) is 8.37. The zero-order valence-electron chi connectivity index (χ0n) is 6.60. The first-order valence-electron chi connectivity index (χ1n) is 2.87. The predicted molar refractivity (Wildman–Crippen MR) is 43.2 cm³/mol. The average molecular weight is 134 g/mol. The van der Waals surface area contributed by atoms with Gasteiger partial charge in [-0.3, -0.25) is 4.90 Å². The highest BCUT2D eigenvalue weighted by atomic mass is 31.2. The van der Waals surface area contributed by atoms with Crippen LogP contribution in [0.5, 0.6) is 0 Å². The summed E-state index contributed by atoms with van der Waals surface area (Å²) in [6.45, 7) is 7.06. The molecule has 0 fully saturated rings. The molecule has 0 unspecified atom stereocenters. The van der Waals surface area contributed by atoms with Crippen molar-refractivity contribution >= 4 is 7.26 Å². The Bertz CT molecular complexity index is 63.4. The van der Waals surface area contributed by atoms with Gasteiger partial charge in [-0.1, -0.05) is 0 Å². The Labute approximate surface area is 53.4 Å². The molecular weight excluding hydrogens is 117 g/mol. The monoisotopic (exact) mass is 134 g/mol. The third-order valence-electron chi connectivity index (χ3n) is 0.707. The molecule has 0 amide bonds. The SMILES string of the molecule is CN(C)C[P+](C)(C)C. The molecule has 8 heavy (non-hydrogen) atoms. The number of nitrogens with zero attached hydrogens (tertiary/aromatic N) is 1. The summed E-state index contributed by atoms with van der Waals surface area (Å²) >= 11 is 0. The van der Waals surface area contributed by atoms with E-state index in [1.807, 2.05) is 0 Å². The van der Waals surface area contributed by atoms with Crippen LogP contribution in [0.1, 0.15) is 0 Å². The Morgan fingerprint density at radius 2 is 1.50 bits per heavy atom. The van der Waals surface area contributed by atoms with E-state index in [0.29, 0.717) is 0 Å². The third-order valence-corrected chi connectivity index (χ3v) is 2.12. The van der Waals surface area contributed by atoms with E-state index >= 15 is 0 Å². The van der Waals surface area contributed by atoms with Crippen molar-refractivity contribution in [2.24, 2.45) is 0 Å². The van der Waals surface area contributed by atoms with Crippen LogP contribution in [0.2, 0.25) is 0 Å². The molecule has 0 aromatic heterocycles. The molecule has 0 aromatic rings. The van der Waals surface area contributed by atoms with Crippen molar-refractivity contribution in [3.05, 3.63) is 0 Å². The van der Waals surface area contributed by atoms with Gasteiger partial charge in [-0.05, 0) is 14.1 Å². The Morgan fingerprint density at radius 1 is 1.12 bits per heavy atom. The van der Waals surface area contributed by atoms with Crippen molar-refractivity contribution in [2.75, 3.05) is 40.4 Å². The summed E-state index contributed by atoms with van der Waals surface area (Å²) in [5, 5.41) is 0. The van der Waals surface area contributed by atoms with E-state index in [9.17, 15) is 0 Å². The normalized spacial score (nSPS) is 12.8. The lowest BCUT2D eigenvalue weighted by atomic mass is 11.0. The van der Waals surface area contributed by atoms with Gasteiger partial charge in [-0.2, -0.15) is 0 Å². The van der Waals surface area contributed by atoms with E-state index in [0.717, 1.165) is 0 Å². The molecule has 0 bridgehead atoms. The lowest BCUT2D eigenvalue weighted by molar-refractivity contribution is 0.479. The van der Waals surface area contributed by atoms with Gasteiger partial charge in [0.05, 0.1) is 0 Å². The molecule has 0 aromatic carbocycles. The molecule has 0 saturated carbocycles. The fourth-order valence-electron chi connectivity index (χ4n) is 0.849. The van der Waals surface area contributed by atoms with E-state index < -0.39 is 7.26 Å². The van der Waals surface area contributed by atoms with Gasteiger partial charge in [0.2, 0.25) is 0 Å². The van der Waals surface area contributed by atoms with Crippen molar-refractivity contribution in [3.63, 3.8) is 0 Å². The number of hydrogen-bond donors (Lipinski definition) is 0. The third kappa shape index (κ3) is 6.39. The molecule has 2 heteroatoms. The molecule has 0 radical (unpaired) electrons. The first kappa shape index (κ1) is 8.39. The first-order chi connectivity index (χ1) is 3.42. The van der Waals surface area contributed by atoms with E-state index in [1.165, 1.54) is 6.29 Å². The van der Waals surface area contributed by atoms with E-state index in [1.54, 1.807) is 0 Å². The van der Waals surface area contributed by atoms with Crippen LogP contribution in [0.25, 0.3) is 0 Å². The van der Waals surface area contributed by atoms with Crippen LogP contribution in [-0.4, -0.2) is 45.3 Å². The van der Waals surface area contributed by atoms with Gasteiger partial charge in [-0.15, -0.1) is 0 Å². The quantitative estimate of drug-likeness (QED) is 0.516. The zero-order valence-corrected chi connectivity index (χ0v) is 7.50. The van der Waals surface area contributed by atoms with Crippen molar-refractivity contribution < 1.29 is 0 Å². The van der Waals surface area contributed by atoms with Crippen LogP contribution < -0.4 is 0 Å². The van der Waals surface area contributed by atoms with Gasteiger partial charge in [0.1, 0.15) is 6.29 Å². The Hall–Kier alpha value is 0.390. The molecule has 1 nitrogen and oxygen atoms in total. The van der Waals surface area contributed by atoms with E-state index in [-0.39, 0.29) is 0 Å². The van der Waals surface area contributed by atoms with E-state index in [2.05, 4.69) is 39.0 Å². The predicted octanol–water partition coefficient (Wildman–Crippen LogP) is 1.41. The number of hydrogen-bond acceptors (Lipinski definition) is 1. The minimum Gasteiger partial charge on any atom is -0.278 e. The molecule has 0 aliphatic heterocycles. The second-order valence-electron chi connectivity index (χ2n) is 3.51. The zero-order chi connectivity index (χ0) is 6.78. The van der Waals surface area contributed by atoms with Crippen molar-refractivity contribution in [1.82, 2.24) is 4.90 Å². The smallest absolute Gasteiger partial charge is 0.110 e. The summed E-state index contributed by atoms with van der Waals surface area (Å²) in [4.78, 5) is 2.26. The van der Waals surface area contributed by atoms with Crippen LogP contribution in [0.15, 0.2) is 0 Å². The lowest BCUT2D eigenvalue weighted by Gasteiger charge is -2.16. The lowest BCUT2D eigenvalue weighted by Crippen LogP contribution is -2.14. The summed E-state index contributed by atoms with van der Waals surface area (Å²) in [7, 11) is 3.71. The van der Waals surface area contributed by atoms with Gasteiger partial charge < -0.3 is 0 Å². The highest BCUT2D eigenvalue weighted by Gasteiger charge is 2.16. The summed E-state index contributed by atoms with van der Waals surface area (Å²) in [6.07, 6.45) is 1.27. The highest BCUT2D eigenvalue weighted by molar-refractivity contribution is 7.73. The maximum atomic E-state index is 2.35. The fraction of sp³-hybridized carbons (Fsp3) is 1.00. The molecule has 0 N–H and O–H groups in total. The molecule has 0 aliphatic rings. The van der Waals surface area contributed by atoms with Crippen LogP contribution >= 0.6 is 7.26 Å². The van der Waals surface area contributed by atoms with E-state index in [4.69, 9.17) is 0 Å². The van der Waals surface area contributed by atoms with Crippen LogP contribution in [0, 0.1) is 0 Å². The molecule has 0 saturated heterocycles.